The van der Waals surface area contributed by atoms with Gasteiger partial charge in [-0.3, -0.25) is 28.8 Å². The summed E-state index contributed by atoms with van der Waals surface area (Å²) in [5.74, 6) is -3.61. The van der Waals surface area contributed by atoms with Crippen LogP contribution in [-0.4, -0.2) is 47.3 Å². The topological polar surface area (TPSA) is 200 Å². The van der Waals surface area contributed by atoms with Crippen molar-refractivity contribution in [3.8, 4) is 0 Å². The number of hydrogen-bond acceptors (Lipinski definition) is 10. The van der Waals surface area contributed by atoms with Crippen LogP contribution in [0.5, 0.6) is 0 Å². The predicted octanol–water partition coefficient (Wildman–Crippen LogP) is 11.6. The molecule has 4 amide bonds. The minimum Gasteiger partial charge on any atom is -0.322 e. The Morgan fingerprint density at radius 1 is 0.484 bits per heavy atom. The number of nitrogens with one attached hydrogen (secondary N) is 4. The molecule has 0 fully saturated rings. The number of nitrogens with zero attached hydrogens (tertiary/aromatic N) is 4. The molecule has 0 bridgehead atoms. The Morgan fingerprint density at radius 2 is 0.839 bits per heavy atom. The van der Waals surface area contributed by atoms with Gasteiger partial charge in [-0.2, -0.15) is 20.5 Å². The summed E-state index contributed by atoms with van der Waals surface area (Å²) < 4.78 is 0. The number of amides is 4. The van der Waals surface area contributed by atoms with Crippen molar-refractivity contribution in [2.45, 2.75) is 37.7 Å². The zero-order valence-corrected chi connectivity index (χ0v) is 36.8. The summed E-state index contributed by atoms with van der Waals surface area (Å²) in [5.41, 5.74) is 3.00. The molecule has 5 aromatic rings. The van der Waals surface area contributed by atoms with Crippen LogP contribution in [0.15, 0.2) is 118 Å². The van der Waals surface area contributed by atoms with Crippen LogP contribution in [0, 0.1) is 0 Å². The predicted molar refractivity (Wildman–Crippen MR) is 242 cm³/mol. The SMILES string of the molecule is CC(=O)C(N=Nc1cc(C(=O)Nc2ccc(CCl)cc2)ccc1Cl)C(=O)Nc1cc(Cl)c(NC(=O)C(N=Nc2cc(C(=O)Nc3ccc(CCl)cc3)ccc2Cl)C(C)=O)cc1Cl. The molecule has 318 valence electrons. The molecule has 2 unspecified atom stereocenters. The molecule has 0 radical (unpaired) electrons. The van der Waals surface area contributed by atoms with Crippen LogP contribution in [0.1, 0.15) is 45.7 Å². The van der Waals surface area contributed by atoms with Crippen molar-refractivity contribution < 1.29 is 28.8 Å². The van der Waals surface area contributed by atoms with Gasteiger partial charge in [0.15, 0.2) is 11.6 Å². The van der Waals surface area contributed by atoms with Crippen LogP contribution in [0.3, 0.4) is 0 Å². The molecule has 0 spiro atoms. The molecule has 0 aromatic heterocycles. The third kappa shape index (κ3) is 12.7. The Labute approximate surface area is 384 Å². The number of alkyl halides is 2. The van der Waals surface area contributed by atoms with E-state index >= 15 is 0 Å². The first-order valence-electron chi connectivity index (χ1n) is 18.0. The van der Waals surface area contributed by atoms with Crippen LogP contribution in [0.4, 0.5) is 34.1 Å². The maximum absolute atomic E-state index is 13.3. The van der Waals surface area contributed by atoms with E-state index in [2.05, 4.69) is 41.7 Å². The van der Waals surface area contributed by atoms with E-state index in [0.717, 1.165) is 25.0 Å². The molecule has 62 heavy (non-hydrogen) atoms. The minimum atomic E-state index is -1.68. The fourth-order valence-corrected chi connectivity index (χ4v) is 6.33. The molecular formula is C42H32Cl6N8O6. The standard InChI is InChI=1S/C42H32Cl6N8O6/c1-21(57)37(55-53-35-15-25(7-13-29(35)45)39(59)49-27-9-3-23(19-43)4-10-27)41(61)51-33-17-32(48)34(18-31(33)47)52-42(62)38(22(2)58)56-54-36-16-26(8-14-30(36)46)40(60)50-28-11-5-24(20-44)6-12-28/h3-18,37-38H,19-20H2,1-2H3,(H,49,59)(H,50,60)(H,51,61)(H,52,62). The quantitative estimate of drug-likeness (QED) is 0.0431. The molecule has 20 heteroatoms. The van der Waals surface area contributed by atoms with Crippen molar-refractivity contribution >= 4 is 139 Å². The monoisotopic (exact) mass is 954 g/mol. The highest BCUT2D eigenvalue weighted by Crippen LogP contribution is 2.34. The highest BCUT2D eigenvalue weighted by molar-refractivity contribution is 6.38. The van der Waals surface area contributed by atoms with Crippen molar-refractivity contribution in [3.63, 3.8) is 0 Å². The number of anilines is 4. The molecule has 4 N–H and O–H groups in total. The van der Waals surface area contributed by atoms with Gasteiger partial charge in [0.2, 0.25) is 12.1 Å². The van der Waals surface area contributed by atoms with Gasteiger partial charge >= 0.3 is 0 Å². The van der Waals surface area contributed by atoms with Crippen LogP contribution in [0.25, 0.3) is 0 Å². The van der Waals surface area contributed by atoms with Crippen LogP contribution >= 0.6 is 69.6 Å². The molecule has 5 rings (SSSR count). The first kappa shape index (κ1) is 47.3. The first-order chi connectivity index (χ1) is 29.6. The van der Waals surface area contributed by atoms with Gasteiger partial charge in [-0.1, -0.05) is 70.7 Å². The average Bonchev–Trinajstić information content (AvgIpc) is 3.24. The molecular weight excluding hydrogens is 925 g/mol. The Morgan fingerprint density at radius 3 is 1.16 bits per heavy atom. The van der Waals surface area contributed by atoms with Gasteiger partial charge in [-0.15, -0.1) is 23.2 Å². The number of ketones is 2. The third-order valence-electron chi connectivity index (χ3n) is 8.55. The third-order valence-corrected chi connectivity index (χ3v) is 10.4. The lowest BCUT2D eigenvalue weighted by Crippen LogP contribution is -2.32. The normalized spacial score (nSPS) is 12.1. The van der Waals surface area contributed by atoms with Crippen LogP contribution in [0.2, 0.25) is 20.1 Å². The van der Waals surface area contributed by atoms with Crippen LogP contribution in [-0.2, 0) is 30.9 Å². The second kappa shape index (κ2) is 21.9. The summed E-state index contributed by atoms with van der Waals surface area (Å²) in [6.45, 7) is 2.23. The molecule has 14 nitrogen and oxygen atoms in total. The van der Waals surface area contributed by atoms with E-state index in [0.29, 0.717) is 23.1 Å². The smallest absolute Gasteiger partial charge is 0.258 e. The Bertz CT molecular complexity index is 2430. The fourth-order valence-electron chi connectivity index (χ4n) is 5.24. The molecule has 0 saturated carbocycles. The maximum Gasteiger partial charge on any atom is 0.258 e. The number of rotatable bonds is 16. The summed E-state index contributed by atoms with van der Waals surface area (Å²) in [5, 5.41) is 26.1. The van der Waals surface area contributed by atoms with Gasteiger partial charge in [0, 0.05) is 34.3 Å². The summed E-state index contributed by atoms with van der Waals surface area (Å²) in [6, 6.07) is 21.3. The lowest BCUT2D eigenvalue weighted by atomic mass is 10.1. The lowest BCUT2D eigenvalue weighted by molar-refractivity contribution is -0.127. The lowest BCUT2D eigenvalue weighted by Gasteiger charge is -2.15. The number of Topliss-reactive ketones (excluding diaryl/α,β-unsaturated/α-hetero) is 2. The van der Waals surface area contributed by atoms with E-state index < -0.39 is 47.3 Å². The molecule has 2 atom stereocenters. The second-order valence-corrected chi connectivity index (χ2v) is 15.3. The summed E-state index contributed by atoms with van der Waals surface area (Å²) >= 11 is 37.1. The molecule has 0 aliphatic heterocycles. The highest BCUT2D eigenvalue weighted by Gasteiger charge is 2.27. The fraction of sp³-hybridized carbons (Fsp3) is 0.143. The number of halogens is 6. The molecule has 0 heterocycles. The van der Waals surface area contributed by atoms with Gasteiger partial charge in [0.25, 0.3) is 23.6 Å². The summed E-state index contributed by atoms with van der Waals surface area (Å²) in [4.78, 5) is 77.5. The number of carbonyl (C=O) groups excluding carboxylic acids is 6. The summed E-state index contributed by atoms with van der Waals surface area (Å²) in [6.07, 6.45) is 0. The van der Waals surface area contributed by atoms with Crippen LogP contribution < -0.4 is 21.3 Å². The van der Waals surface area contributed by atoms with Gasteiger partial charge in [0.1, 0.15) is 11.4 Å². The Hall–Kier alpha value is -5.74. The highest BCUT2D eigenvalue weighted by atomic mass is 35.5. The Balaban J connectivity index is 1.25. The van der Waals surface area contributed by atoms with Gasteiger partial charge in [-0.25, -0.2) is 0 Å². The maximum atomic E-state index is 13.3. The van der Waals surface area contributed by atoms with Crippen molar-refractivity contribution in [2.75, 3.05) is 21.3 Å². The minimum absolute atomic E-state index is 0.00490. The number of azo groups is 2. The van der Waals surface area contributed by atoms with E-state index in [4.69, 9.17) is 69.6 Å². The van der Waals surface area contributed by atoms with Gasteiger partial charge < -0.3 is 21.3 Å². The molecule has 0 aliphatic carbocycles. The van der Waals surface area contributed by atoms with Gasteiger partial charge in [0.05, 0.1) is 31.5 Å². The first-order valence-corrected chi connectivity index (χ1v) is 20.6. The molecule has 5 aromatic carbocycles. The number of hydrogen-bond donors (Lipinski definition) is 4. The number of benzene rings is 5. The van der Waals surface area contributed by atoms with E-state index in [-0.39, 0.29) is 54.0 Å². The van der Waals surface area contributed by atoms with Crippen molar-refractivity contribution in [2.24, 2.45) is 20.5 Å². The van der Waals surface area contributed by atoms with Gasteiger partial charge in [-0.05, 0) is 97.8 Å². The van der Waals surface area contributed by atoms with E-state index in [1.54, 1.807) is 48.5 Å². The molecule has 0 aliphatic rings. The largest absolute Gasteiger partial charge is 0.322 e. The second-order valence-electron chi connectivity index (χ2n) is 13.1. The zero-order chi connectivity index (χ0) is 45.1. The summed E-state index contributed by atoms with van der Waals surface area (Å²) in [7, 11) is 0. The van der Waals surface area contributed by atoms with Crippen molar-refractivity contribution in [1.82, 2.24) is 0 Å². The Kier molecular flexibility index (Phi) is 16.7. The van der Waals surface area contributed by atoms with E-state index in [1.165, 1.54) is 48.5 Å². The zero-order valence-electron chi connectivity index (χ0n) is 32.3. The molecule has 0 saturated heterocycles. The van der Waals surface area contributed by atoms with E-state index in [9.17, 15) is 28.8 Å². The van der Waals surface area contributed by atoms with E-state index in [1.807, 2.05) is 0 Å². The van der Waals surface area contributed by atoms with Crippen molar-refractivity contribution in [1.29, 1.82) is 0 Å². The number of carbonyl (C=O) groups is 6. The average molecular weight is 957 g/mol. The van der Waals surface area contributed by atoms with Crippen molar-refractivity contribution in [3.05, 3.63) is 139 Å².